The summed E-state index contributed by atoms with van der Waals surface area (Å²) in [4.78, 5) is 16.2. The lowest BCUT2D eigenvalue weighted by Crippen LogP contribution is -2.16. The summed E-state index contributed by atoms with van der Waals surface area (Å²) in [6, 6.07) is 13.1. The number of methoxy groups -OCH3 is 1. The first-order valence-electron chi connectivity index (χ1n) is 10.2. The third kappa shape index (κ3) is 6.25. The maximum atomic E-state index is 12.5. The molecule has 188 valence electrons. The molecule has 11 nitrogen and oxygen atoms in total. The highest BCUT2D eigenvalue weighted by atomic mass is 32.2. The van der Waals surface area contributed by atoms with Gasteiger partial charge in [-0.25, -0.2) is 8.42 Å². The average Bonchev–Trinajstić information content (AvgIpc) is 3.32. The second kappa shape index (κ2) is 10.9. The summed E-state index contributed by atoms with van der Waals surface area (Å²) in [6.45, 7) is 2.96. The molecule has 0 aliphatic rings. The number of carbonyl (C=O) groups is 1. The lowest BCUT2D eigenvalue weighted by molar-refractivity contribution is -0.112. The molecular formula is C22H20N4O7S3. The van der Waals surface area contributed by atoms with E-state index < -0.39 is 36.3 Å². The minimum atomic E-state index is -4.08. The molecule has 0 saturated heterocycles. The molecule has 0 unspecified atom stereocenters. The summed E-state index contributed by atoms with van der Waals surface area (Å²) < 4.78 is 63.1. The third-order valence-electron chi connectivity index (χ3n) is 4.61. The first-order valence-corrected chi connectivity index (χ1v) is 13.9. The monoisotopic (exact) mass is 548 g/mol. The van der Waals surface area contributed by atoms with Crippen molar-refractivity contribution in [3.63, 3.8) is 0 Å². The Morgan fingerprint density at radius 3 is 2.22 bits per heavy atom. The van der Waals surface area contributed by atoms with Crippen LogP contribution in [0.5, 0.6) is 11.5 Å². The number of hydrogen-bond acceptors (Lipinski definition) is 11. The zero-order chi connectivity index (χ0) is 26.5. The molecule has 0 aliphatic heterocycles. The molecule has 0 bridgehead atoms. The number of nitrogens with one attached hydrogen (secondary N) is 1. The van der Waals surface area contributed by atoms with E-state index in [1.165, 1.54) is 75.6 Å². The van der Waals surface area contributed by atoms with Gasteiger partial charge in [0.25, 0.3) is 11.1 Å². The molecule has 36 heavy (non-hydrogen) atoms. The largest absolute Gasteiger partial charge is 0.497 e. The van der Waals surface area contributed by atoms with Crippen LogP contribution >= 0.6 is 11.5 Å². The molecule has 0 atom stereocenters. The number of anilines is 1. The van der Waals surface area contributed by atoms with Gasteiger partial charge in [0, 0.05) is 11.5 Å². The Morgan fingerprint density at radius 1 is 1.06 bits per heavy atom. The molecule has 1 amide bonds. The van der Waals surface area contributed by atoms with E-state index in [4.69, 9.17) is 8.92 Å². The SMILES string of the molecule is COc1ccc(S(=O)(=O)Oc2ccc(C=C(C#N)C(=O)Nc3nc(S(=O)(=O)C(C)C)ns3)cc2)cc1. The molecule has 1 heterocycles. The van der Waals surface area contributed by atoms with Crippen LogP contribution in [0.15, 0.2) is 64.2 Å². The van der Waals surface area contributed by atoms with Gasteiger partial charge in [-0.2, -0.15) is 23.0 Å². The maximum Gasteiger partial charge on any atom is 0.339 e. The highest BCUT2D eigenvalue weighted by molar-refractivity contribution is 7.91. The Labute approximate surface area is 212 Å². The number of rotatable bonds is 9. The van der Waals surface area contributed by atoms with Gasteiger partial charge in [0.1, 0.15) is 28.0 Å². The van der Waals surface area contributed by atoms with Crippen LogP contribution < -0.4 is 14.2 Å². The Morgan fingerprint density at radius 2 is 1.67 bits per heavy atom. The van der Waals surface area contributed by atoms with Gasteiger partial charge in [-0.15, -0.1) is 0 Å². The Hall–Kier alpha value is -3.80. The van der Waals surface area contributed by atoms with Gasteiger partial charge in [0.05, 0.1) is 12.4 Å². The van der Waals surface area contributed by atoms with Crippen LogP contribution in [0, 0.1) is 11.3 Å². The molecule has 14 heteroatoms. The average molecular weight is 549 g/mol. The van der Waals surface area contributed by atoms with E-state index in [1.54, 1.807) is 6.07 Å². The molecule has 1 aromatic heterocycles. The number of nitrogens with zero attached hydrogens (tertiary/aromatic N) is 3. The quantitative estimate of drug-likeness (QED) is 0.239. The van der Waals surface area contributed by atoms with Gasteiger partial charge >= 0.3 is 10.1 Å². The zero-order valence-corrected chi connectivity index (χ0v) is 21.6. The second-order valence-electron chi connectivity index (χ2n) is 7.38. The Bertz CT molecular complexity index is 1540. The zero-order valence-electron chi connectivity index (χ0n) is 19.2. The summed E-state index contributed by atoms with van der Waals surface area (Å²) in [5, 5.41) is 10.5. The number of ether oxygens (including phenoxy) is 1. The van der Waals surface area contributed by atoms with Crippen LogP contribution in [-0.4, -0.2) is 44.5 Å². The molecule has 0 aliphatic carbocycles. The topological polar surface area (TPSA) is 165 Å². The molecule has 0 fully saturated rings. The van der Waals surface area contributed by atoms with Crippen LogP contribution in [0.1, 0.15) is 19.4 Å². The van der Waals surface area contributed by atoms with Crippen molar-refractivity contribution < 1.29 is 30.6 Å². The van der Waals surface area contributed by atoms with Gasteiger partial charge in [0.15, 0.2) is 0 Å². The fraction of sp³-hybridized carbons (Fsp3) is 0.182. The van der Waals surface area contributed by atoms with Crippen LogP contribution in [-0.2, 0) is 24.7 Å². The van der Waals surface area contributed by atoms with E-state index in [9.17, 15) is 26.9 Å². The number of benzene rings is 2. The Kier molecular flexibility index (Phi) is 8.08. The van der Waals surface area contributed by atoms with Crippen LogP contribution in [0.4, 0.5) is 5.13 Å². The van der Waals surface area contributed by atoms with E-state index in [0.29, 0.717) is 22.8 Å². The third-order valence-corrected chi connectivity index (χ3v) is 8.55. The van der Waals surface area contributed by atoms with Gasteiger partial charge < -0.3 is 8.92 Å². The molecular weight excluding hydrogens is 528 g/mol. The normalized spacial score (nSPS) is 12.1. The summed E-state index contributed by atoms with van der Waals surface area (Å²) in [6.07, 6.45) is 1.27. The van der Waals surface area contributed by atoms with Gasteiger partial charge in [-0.3, -0.25) is 10.1 Å². The van der Waals surface area contributed by atoms with E-state index in [-0.39, 0.29) is 21.3 Å². The van der Waals surface area contributed by atoms with Gasteiger partial charge in [0.2, 0.25) is 15.0 Å². The van der Waals surface area contributed by atoms with Crippen molar-refractivity contribution in [1.82, 2.24) is 9.36 Å². The van der Waals surface area contributed by atoms with E-state index >= 15 is 0 Å². The van der Waals surface area contributed by atoms with E-state index in [2.05, 4.69) is 14.7 Å². The van der Waals surface area contributed by atoms with Gasteiger partial charge in [-0.1, -0.05) is 12.1 Å². The van der Waals surface area contributed by atoms with Gasteiger partial charge in [-0.05, 0) is 61.9 Å². The molecule has 0 radical (unpaired) electrons. The standard InChI is InChI=1S/C22H20N4O7S3/c1-14(2)35(28,29)22-25-21(34-26-22)24-20(27)16(13-23)12-15-4-6-18(7-5-15)33-36(30,31)19-10-8-17(32-3)9-11-19/h4-12,14H,1-3H3,(H,24,25,26,27). The maximum absolute atomic E-state index is 12.5. The first kappa shape index (κ1) is 26.8. The van der Waals surface area contributed by atoms with Crippen molar-refractivity contribution in [2.75, 3.05) is 12.4 Å². The molecule has 2 aromatic carbocycles. The molecule has 0 saturated carbocycles. The first-order chi connectivity index (χ1) is 17.0. The van der Waals surface area contributed by atoms with Crippen molar-refractivity contribution in [2.24, 2.45) is 0 Å². The molecule has 0 spiro atoms. The number of carbonyl (C=O) groups excluding carboxylic acids is 1. The second-order valence-corrected chi connectivity index (χ2v) is 12.1. The molecule has 3 rings (SSSR count). The van der Waals surface area contributed by atoms with Crippen molar-refractivity contribution in [3.05, 3.63) is 59.7 Å². The Balaban J connectivity index is 1.72. The predicted molar refractivity (Wildman–Crippen MR) is 132 cm³/mol. The number of sulfone groups is 1. The van der Waals surface area contributed by atoms with Crippen LogP contribution in [0.2, 0.25) is 0 Å². The fourth-order valence-electron chi connectivity index (χ4n) is 2.60. The minimum Gasteiger partial charge on any atom is -0.497 e. The summed E-state index contributed by atoms with van der Waals surface area (Å²) >= 11 is 0.674. The molecule has 3 aromatic rings. The van der Waals surface area contributed by atoms with Crippen molar-refractivity contribution in [3.8, 4) is 17.6 Å². The lowest BCUT2D eigenvalue weighted by atomic mass is 10.1. The summed E-state index contributed by atoms with van der Waals surface area (Å²) in [5.74, 6) is -0.294. The predicted octanol–water partition coefficient (Wildman–Crippen LogP) is 3.04. The van der Waals surface area contributed by atoms with Crippen molar-refractivity contribution in [2.45, 2.75) is 29.1 Å². The van der Waals surface area contributed by atoms with E-state index in [1.807, 2.05) is 0 Å². The highest BCUT2D eigenvalue weighted by Gasteiger charge is 2.25. The number of aromatic nitrogens is 2. The van der Waals surface area contributed by atoms with Crippen molar-refractivity contribution >= 4 is 48.6 Å². The van der Waals surface area contributed by atoms with Crippen molar-refractivity contribution in [1.29, 1.82) is 5.26 Å². The minimum absolute atomic E-state index is 0.0266. The van der Waals surface area contributed by atoms with E-state index in [0.717, 1.165) is 0 Å². The number of amides is 1. The number of hydrogen-bond donors (Lipinski definition) is 1. The highest BCUT2D eigenvalue weighted by Crippen LogP contribution is 2.23. The number of nitriles is 1. The smallest absolute Gasteiger partial charge is 0.339 e. The summed E-state index contributed by atoms with van der Waals surface area (Å²) in [7, 11) is -6.33. The molecule has 1 N–H and O–H groups in total. The lowest BCUT2D eigenvalue weighted by Gasteiger charge is -2.08. The summed E-state index contributed by atoms with van der Waals surface area (Å²) in [5.41, 5.74) is 0.120. The van der Waals surface area contributed by atoms with Crippen LogP contribution in [0.25, 0.3) is 6.08 Å². The fourth-order valence-corrected chi connectivity index (χ4v) is 5.23. The van der Waals surface area contributed by atoms with Crippen LogP contribution in [0.3, 0.4) is 0 Å².